The lowest BCUT2D eigenvalue weighted by atomic mass is 10.2. The molecule has 1 N–H and O–H groups in total. The Kier molecular flexibility index (Phi) is 5.02. The largest absolute Gasteiger partial charge is 0.380 e. The molecular weight excluding hydrogens is 368 g/mol. The fourth-order valence-corrected chi connectivity index (χ4v) is 2.91. The first kappa shape index (κ1) is 15.0. The summed E-state index contributed by atoms with van der Waals surface area (Å²) in [7, 11) is 0. The number of rotatable bonds is 3. The third kappa shape index (κ3) is 3.79. The van der Waals surface area contributed by atoms with Gasteiger partial charge in [-0.3, -0.25) is 0 Å². The Bertz CT molecular complexity index is 614. The van der Waals surface area contributed by atoms with Crippen molar-refractivity contribution in [2.24, 2.45) is 0 Å². The molecule has 0 saturated heterocycles. The van der Waals surface area contributed by atoms with Crippen LogP contribution < -0.4 is 5.32 Å². The summed E-state index contributed by atoms with van der Waals surface area (Å²) < 4.78 is 0.960. The molecule has 0 fully saturated rings. The van der Waals surface area contributed by atoms with Gasteiger partial charge in [0.05, 0.1) is 10.7 Å². The van der Waals surface area contributed by atoms with Gasteiger partial charge in [-0.2, -0.15) is 0 Å². The van der Waals surface area contributed by atoms with Gasteiger partial charge in [-0.15, -0.1) is 0 Å². The summed E-state index contributed by atoms with van der Waals surface area (Å²) in [5.41, 5.74) is 2.88. The first-order valence-electron chi connectivity index (χ1n) is 5.61. The molecule has 19 heavy (non-hydrogen) atoms. The average molecular weight is 380 g/mol. The van der Waals surface area contributed by atoms with E-state index in [1.807, 2.05) is 37.3 Å². The van der Waals surface area contributed by atoms with Crippen molar-refractivity contribution in [3.63, 3.8) is 0 Å². The minimum absolute atomic E-state index is 0.636. The number of halogens is 4. The number of benzene rings is 2. The van der Waals surface area contributed by atoms with Crippen LogP contribution in [0.15, 0.2) is 34.8 Å². The highest BCUT2D eigenvalue weighted by Gasteiger charge is 2.06. The minimum atomic E-state index is 0.636. The number of aryl methyl sites for hydroxylation is 1. The van der Waals surface area contributed by atoms with E-state index >= 15 is 0 Å². The molecule has 0 spiro atoms. The van der Waals surface area contributed by atoms with Crippen molar-refractivity contribution in [1.29, 1.82) is 0 Å². The maximum absolute atomic E-state index is 6.18. The Morgan fingerprint density at radius 2 is 1.79 bits per heavy atom. The summed E-state index contributed by atoms with van der Waals surface area (Å²) in [5, 5.41) is 5.32. The lowest BCUT2D eigenvalue weighted by molar-refractivity contribution is 1.14. The number of anilines is 1. The topological polar surface area (TPSA) is 12.0 Å². The standard InChI is InChI=1S/C14H11BrCl3N/c1-8-4-13(18)14(6-12(8)17)19-7-9-2-3-10(16)5-11(9)15/h2-6,19H,7H2,1H3. The van der Waals surface area contributed by atoms with Crippen molar-refractivity contribution in [3.05, 3.63) is 61.0 Å². The Morgan fingerprint density at radius 3 is 2.47 bits per heavy atom. The van der Waals surface area contributed by atoms with E-state index in [1.165, 1.54) is 0 Å². The van der Waals surface area contributed by atoms with Gasteiger partial charge in [0, 0.05) is 21.1 Å². The summed E-state index contributed by atoms with van der Waals surface area (Å²) in [5.74, 6) is 0. The molecule has 0 radical (unpaired) electrons. The third-order valence-electron chi connectivity index (χ3n) is 2.73. The zero-order chi connectivity index (χ0) is 14.0. The number of hydrogen-bond acceptors (Lipinski definition) is 1. The third-order valence-corrected chi connectivity index (χ3v) is 4.43. The maximum atomic E-state index is 6.18. The lowest BCUT2D eigenvalue weighted by Crippen LogP contribution is -2.01. The van der Waals surface area contributed by atoms with E-state index in [2.05, 4.69) is 21.2 Å². The fraction of sp³-hybridized carbons (Fsp3) is 0.143. The van der Waals surface area contributed by atoms with E-state index < -0.39 is 0 Å². The van der Waals surface area contributed by atoms with Gasteiger partial charge in [-0.05, 0) is 42.3 Å². The Labute approximate surface area is 136 Å². The second kappa shape index (κ2) is 6.36. The van der Waals surface area contributed by atoms with Crippen LogP contribution in [0.1, 0.15) is 11.1 Å². The van der Waals surface area contributed by atoms with Crippen LogP contribution in [-0.2, 0) is 6.54 Å². The molecule has 0 aliphatic rings. The zero-order valence-corrected chi connectivity index (χ0v) is 14.0. The molecule has 2 rings (SSSR count). The summed E-state index contributed by atoms with van der Waals surface area (Å²) in [4.78, 5) is 0. The van der Waals surface area contributed by atoms with E-state index in [4.69, 9.17) is 34.8 Å². The second-order valence-corrected chi connectivity index (χ2v) is 6.28. The highest BCUT2D eigenvalue weighted by Crippen LogP contribution is 2.30. The maximum Gasteiger partial charge on any atom is 0.0641 e. The number of nitrogens with one attached hydrogen (secondary N) is 1. The molecule has 0 aliphatic carbocycles. The van der Waals surface area contributed by atoms with Crippen molar-refractivity contribution in [1.82, 2.24) is 0 Å². The molecule has 0 heterocycles. The highest BCUT2D eigenvalue weighted by atomic mass is 79.9. The Morgan fingerprint density at radius 1 is 1.05 bits per heavy atom. The summed E-state index contributed by atoms with van der Waals surface area (Å²) in [6, 6.07) is 9.37. The highest BCUT2D eigenvalue weighted by molar-refractivity contribution is 9.10. The molecule has 100 valence electrons. The molecule has 0 unspecified atom stereocenters. The molecule has 2 aromatic rings. The van der Waals surface area contributed by atoms with E-state index in [-0.39, 0.29) is 0 Å². The fourth-order valence-electron chi connectivity index (χ4n) is 1.64. The van der Waals surface area contributed by atoms with Gasteiger partial charge < -0.3 is 5.32 Å². The van der Waals surface area contributed by atoms with Crippen molar-refractivity contribution in [2.75, 3.05) is 5.32 Å². The molecule has 0 atom stereocenters. The van der Waals surface area contributed by atoms with Gasteiger partial charge in [0.15, 0.2) is 0 Å². The van der Waals surface area contributed by atoms with Crippen molar-refractivity contribution in [3.8, 4) is 0 Å². The summed E-state index contributed by atoms with van der Waals surface area (Å²) in [6.07, 6.45) is 0. The van der Waals surface area contributed by atoms with Crippen molar-refractivity contribution >= 4 is 56.4 Å². The average Bonchev–Trinajstić information content (AvgIpc) is 2.34. The molecule has 0 saturated carbocycles. The lowest BCUT2D eigenvalue weighted by Gasteiger charge is -2.11. The van der Waals surface area contributed by atoms with Gasteiger partial charge >= 0.3 is 0 Å². The quantitative estimate of drug-likeness (QED) is 0.657. The van der Waals surface area contributed by atoms with Gasteiger partial charge in [-0.25, -0.2) is 0 Å². The Hall–Kier alpha value is -0.410. The minimum Gasteiger partial charge on any atom is -0.380 e. The van der Waals surface area contributed by atoms with E-state index in [0.29, 0.717) is 21.6 Å². The molecule has 0 aliphatic heterocycles. The predicted octanol–water partition coefficient (Wildman–Crippen LogP) is 6.33. The molecule has 0 aromatic heterocycles. The molecule has 0 bridgehead atoms. The van der Waals surface area contributed by atoms with E-state index in [0.717, 1.165) is 21.3 Å². The monoisotopic (exact) mass is 377 g/mol. The first-order valence-corrected chi connectivity index (χ1v) is 7.53. The van der Waals surface area contributed by atoms with E-state index in [1.54, 1.807) is 0 Å². The zero-order valence-electron chi connectivity index (χ0n) is 10.1. The normalized spacial score (nSPS) is 10.6. The van der Waals surface area contributed by atoms with Crippen LogP contribution in [0.3, 0.4) is 0 Å². The first-order chi connectivity index (χ1) is 8.97. The molecule has 0 amide bonds. The Balaban J connectivity index is 2.16. The van der Waals surface area contributed by atoms with Crippen LogP contribution in [0, 0.1) is 6.92 Å². The van der Waals surface area contributed by atoms with Crippen LogP contribution in [-0.4, -0.2) is 0 Å². The predicted molar refractivity (Wildman–Crippen MR) is 87.7 cm³/mol. The van der Waals surface area contributed by atoms with Gasteiger partial charge in [0.1, 0.15) is 0 Å². The smallest absolute Gasteiger partial charge is 0.0641 e. The van der Waals surface area contributed by atoms with Crippen LogP contribution >= 0.6 is 50.7 Å². The van der Waals surface area contributed by atoms with Gasteiger partial charge in [0.25, 0.3) is 0 Å². The van der Waals surface area contributed by atoms with Gasteiger partial charge in [0.2, 0.25) is 0 Å². The second-order valence-electron chi connectivity index (χ2n) is 4.17. The molecule has 1 nitrogen and oxygen atoms in total. The van der Waals surface area contributed by atoms with Gasteiger partial charge in [-0.1, -0.05) is 56.8 Å². The SMILES string of the molecule is Cc1cc(Cl)c(NCc2ccc(Cl)cc2Br)cc1Cl. The van der Waals surface area contributed by atoms with Crippen molar-refractivity contribution in [2.45, 2.75) is 13.5 Å². The number of hydrogen-bond donors (Lipinski definition) is 1. The van der Waals surface area contributed by atoms with Crippen LogP contribution in [0.25, 0.3) is 0 Å². The molecule has 2 aromatic carbocycles. The molecule has 5 heteroatoms. The van der Waals surface area contributed by atoms with Crippen LogP contribution in [0.5, 0.6) is 0 Å². The summed E-state index contributed by atoms with van der Waals surface area (Å²) >= 11 is 21.7. The van der Waals surface area contributed by atoms with Crippen molar-refractivity contribution < 1.29 is 0 Å². The summed E-state index contributed by atoms with van der Waals surface area (Å²) in [6.45, 7) is 2.56. The molecular formula is C14H11BrCl3N. The van der Waals surface area contributed by atoms with Crippen LogP contribution in [0.4, 0.5) is 5.69 Å². The van der Waals surface area contributed by atoms with Crippen LogP contribution in [0.2, 0.25) is 15.1 Å². The van der Waals surface area contributed by atoms with E-state index in [9.17, 15) is 0 Å².